The average Bonchev–Trinajstić information content (AvgIpc) is 2.92. The number of nitrogen functional groups attached to an aromatic ring is 2. The van der Waals surface area contributed by atoms with Gasteiger partial charge in [0.1, 0.15) is 0 Å². The molecule has 0 radical (unpaired) electrons. The topological polar surface area (TPSA) is 111 Å². The van der Waals surface area contributed by atoms with Gasteiger partial charge in [-0.3, -0.25) is 4.79 Å². The van der Waals surface area contributed by atoms with Gasteiger partial charge in [-0.2, -0.15) is 0 Å². The number of likely N-dealkylation sites (tertiary alicyclic amines) is 1. The Morgan fingerprint density at radius 3 is 2.56 bits per heavy atom. The molecule has 0 saturated carbocycles. The molecule has 6 N–H and O–H groups in total. The van der Waals surface area contributed by atoms with Crippen molar-refractivity contribution in [3.05, 3.63) is 46.2 Å². The van der Waals surface area contributed by atoms with Crippen LogP contribution in [0.3, 0.4) is 0 Å². The van der Waals surface area contributed by atoms with Gasteiger partial charge in [0.2, 0.25) is 0 Å². The molecular weight excluding hydrogens is 340 g/mol. The van der Waals surface area contributed by atoms with Crippen molar-refractivity contribution in [2.45, 2.75) is 18.9 Å². The Kier molecular flexibility index (Phi) is 4.78. The smallest absolute Gasteiger partial charge is 0.274 e. The molecular formula is C17H22ClN6O+. The maximum absolute atomic E-state index is 12.6. The molecule has 0 spiro atoms. The van der Waals surface area contributed by atoms with Crippen LogP contribution in [-0.2, 0) is 0 Å². The maximum Gasteiger partial charge on any atom is 0.274 e. The van der Waals surface area contributed by atoms with Crippen LogP contribution in [0.1, 0.15) is 27.5 Å². The van der Waals surface area contributed by atoms with Crippen LogP contribution >= 0.6 is 11.6 Å². The van der Waals surface area contributed by atoms with Gasteiger partial charge in [0.25, 0.3) is 5.91 Å². The standard InChI is InChI=1S/C17H21ClN6O/c1-9-3-5-10(6-4-9)11-7-24(2)8-12(11)21-17(25)13-15(19)23-16(20)14(18)22-13/h3-6,11-12H,7-8H2,1-2H3,(H,21,25)(H4,19,20,23)/p+1/t11-,12?/m0/s1. The molecule has 3 atom stereocenters. The monoisotopic (exact) mass is 361 g/mol. The fraction of sp³-hybridized carbons (Fsp3) is 0.353. The van der Waals surface area contributed by atoms with E-state index in [9.17, 15) is 4.79 Å². The van der Waals surface area contributed by atoms with E-state index in [1.807, 2.05) is 0 Å². The van der Waals surface area contributed by atoms with Crippen LogP contribution in [0, 0.1) is 6.92 Å². The van der Waals surface area contributed by atoms with Crippen LogP contribution in [0.15, 0.2) is 24.3 Å². The van der Waals surface area contributed by atoms with Crippen molar-refractivity contribution in [1.29, 1.82) is 0 Å². The number of aromatic nitrogens is 2. The summed E-state index contributed by atoms with van der Waals surface area (Å²) in [6.45, 7) is 3.82. The van der Waals surface area contributed by atoms with E-state index in [0.29, 0.717) is 0 Å². The summed E-state index contributed by atoms with van der Waals surface area (Å²) in [4.78, 5) is 21.8. The molecule has 0 aliphatic carbocycles. The van der Waals surface area contributed by atoms with Crippen molar-refractivity contribution in [2.24, 2.45) is 0 Å². The fourth-order valence-electron chi connectivity index (χ4n) is 3.28. The second-order valence-electron chi connectivity index (χ2n) is 6.60. The minimum Gasteiger partial charge on any atom is -0.382 e. The minimum absolute atomic E-state index is 0.00593. The first-order valence-electron chi connectivity index (χ1n) is 8.12. The van der Waals surface area contributed by atoms with Crippen molar-refractivity contribution in [3.63, 3.8) is 0 Å². The third kappa shape index (κ3) is 3.67. The molecule has 1 aliphatic heterocycles. The van der Waals surface area contributed by atoms with E-state index >= 15 is 0 Å². The predicted molar refractivity (Wildman–Crippen MR) is 97.7 cm³/mol. The number of hydrogen-bond donors (Lipinski definition) is 4. The summed E-state index contributed by atoms with van der Waals surface area (Å²) >= 11 is 5.87. The van der Waals surface area contributed by atoms with Crippen LogP contribution in [0.4, 0.5) is 11.6 Å². The zero-order valence-corrected chi connectivity index (χ0v) is 15.0. The van der Waals surface area contributed by atoms with Crippen molar-refractivity contribution in [1.82, 2.24) is 15.3 Å². The number of quaternary nitrogens is 1. The van der Waals surface area contributed by atoms with Gasteiger partial charge in [-0.05, 0) is 12.5 Å². The number of nitrogens with one attached hydrogen (secondary N) is 2. The van der Waals surface area contributed by atoms with E-state index in [2.05, 4.69) is 53.5 Å². The molecule has 2 heterocycles. The minimum atomic E-state index is -0.385. The van der Waals surface area contributed by atoms with Gasteiger partial charge < -0.3 is 21.7 Å². The van der Waals surface area contributed by atoms with Gasteiger partial charge in [0.15, 0.2) is 22.5 Å². The zero-order chi connectivity index (χ0) is 18.1. The Bertz CT molecular complexity index is 794. The van der Waals surface area contributed by atoms with Crippen molar-refractivity contribution >= 4 is 29.1 Å². The highest BCUT2D eigenvalue weighted by Crippen LogP contribution is 2.23. The molecule has 1 aliphatic rings. The first-order chi connectivity index (χ1) is 11.8. The van der Waals surface area contributed by atoms with Gasteiger partial charge >= 0.3 is 0 Å². The number of likely N-dealkylation sites (N-methyl/N-ethyl adjacent to an activating group) is 1. The molecule has 1 aromatic heterocycles. The number of aryl methyl sites for hydroxylation is 1. The summed E-state index contributed by atoms with van der Waals surface area (Å²) in [5.41, 5.74) is 13.8. The van der Waals surface area contributed by atoms with Crippen molar-refractivity contribution in [2.75, 3.05) is 31.6 Å². The lowest BCUT2D eigenvalue weighted by Crippen LogP contribution is -3.07. The number of amides is 1. The van der Waals surface area contributed by atoms with Gasteiger partial charge in [-0.15, -0.1) is 0 Å². The molecule has 1 amide bonds. The van der Waals surface area contributed by atoms with E-state index in [1.54, 1.807) is 0 Å². The number of rotatable bonds is 3. The lowest BCUT2D eigenvalue weighted by Gasteiger charge is -2.18. The second kappa shape index (κ2) is 6.85. The largest absolute Gasteiger partial charge is 0.382 e. The Morgan fingerprint density at radius 2 is 1.88 bits per heavy atom. The van der Waals surface area contributed by atoms with Crippen molar-refractivity contribution in [3.8, 4) is 0 Å². The fourth-order valence-corrected chi connectivity index (χ4v) is 3.41. The quantitative estimate of drug-likeness (QED) is 0.615. The number of benzene rings is 1. The molecule has 7 nitrogen and oxygen atoms in total. The number of anilines is 2. The summed E-state index contributed by atoms with van der Waals surface area (Å²) in [6.07, 6.45) is 0. The van der Waals surface area contributed by atoms with E-state index in [1.165, 1.54) is 16.0 Å². The summed E-state index contributed by atoms with van der Waals surface area (Å²) < 4.78 is 0. The van der Waals surface area contributed by atoms with Gasteiger partial charge in [-0.25, -0.2) is 9.97 Å². The average molecular weight is 362 g/mol. The molecule has 1 fully saturated rings. The summed E-state index contributed by atoms with van der Waals surface area (Å²) in [7, 11) is 2.11. The highest BCUT2D eigenvalue weighted by Gasteiger charge is 2.37. The molecule has 0 bridgehead atoms. The van der Waals surface area contributed by atoms with E-state index < -0.39 is 0 Å². The van der Waals surface area contributed by atoms with E-state index in [4.69, 9.17) is 23.1 Å². The van der Waals surface area contributed by atoms with Gasteiger partial charge in [-0.1, -0.05) is 41.4 Å². The van der Waals surface area contributed by atoms with E-state index in [0.717, 1.165) is 13.1 Å². The molecule has 1 aromatic carbocycles. The molecule has 25 heavy (non-hydrogen) atoms. The van der Waals surface area contributed by atoms with Crippen LogP contribution in [0.2, 0.25) is 5.15 Å². The lowest BCUT2D eigenvalue weighted by molar-refractivity contribution is -0.867. The number of hydrogen-bond acceptors (Lipinski definition) is 5. The number of nitrogens with two attached hydrogens (primary N) is 2. The molecule has 132 valence electrons. The predicted octanol–water partition coefficient (Wildman–Crippen LogP) is 0.0133. The molecule has 3 rings (SSSR count). The zero-order valence-electron chi connectivity index (χ0n) is 14.2. The molecule has 1 saturated heterocycles. The van der Waals surface area contributed by atoms with Crippen molar-refractivity contribution < 1.29 is 9.69 Å². The lowest BCUT2D eigenvalue weighted by atomic mass is 9.93. The van der Waals surface area contributed by atoms with Crippen LogP contribution in [0.5, 0.6) is 0 Å². The summed E-state index contributed by atoms with van der Waals surface area (Å²) in [6, 6.07) is 8.39. The maximum atomic E-state index is 12.6. The summed E-state index contributed by atoms with van der Waals surface area (Å²) in [5, 5.41) is 3.01. The molecule has 2 aromatic rings. The number of carbonyl (C=O) groups is 1. The number of halogens is 1. The van der Waals surface area contributed by atoms with Crippen LogP contribution in [-0.4, -0.2) is 42.1 Å². The molecule has 8 heteroatoms. The number of nitrogens with zero attached hydrogens (tertiary/aromatic N) is 2. The van der Waals surface area contributed by atoms with Gasteiger partial charge in [0.05, 0.1) is 32.1 Å². The third-order valence-corrected chi connectivity index (χ3v) is 4.84. The Hall–Kier alpha value is -2.38. The van der Waals surface area contributed by atoms with Crippen LogP contribution in [0.25, 0.3) is 0 Å². The first kappa shape index (κ1) is 17.4. The Labute approximate surface area is 151 Å². The second-order valence-corrected chi connectivity index (χ2v) is 6.95. The number of carbonyl (C=O) groups excluding carboxylic acids is 1. The first-order valence-corrected chi connectivity index (χ1v) is 8.50. The van der Waals surface area contributed by atoms with Crippen LogP contribution < -0.4 is 21.7 Å². The highest BCUT2D eigenvalue weighted by molar-refractivity contribution is 6.31. The molecule has 2 unspecified atom stereocenters. The Morgan fingerprint density at radius 1 is 1.20 bits per heavy atom. The SMILES string of the molecule is Cc1ccc([C@@H]2C[NH+](C)CC2NC(=O)c2nc(Cl)c(N)nc2N)cc1. The van der Waals surface area contributed by atoms with E-state index in [-0.39, 0.29) is 40.3 Å². The highest BCUT2D eigenvalue weighted by atomic mass is 35.5. The third-order valence-electron chi connectivity index (χ3n) is 4.56. The summed E-state index contributed by atoms with van der Waals surface area (Å²) in [5.74, 6) is -0.171. The normalized spacial score (nSPS) is 22.8. The Balaban J connectivity index is 1.81. The van der Waals surface area contributed by atoms with Gasteiger partial charge in [0, 0.05) is 0 Å².